The Morgan fingerprint density at radius 2 is 2.31 bits per heavy atom. The summed E-state index contributed by atoms with van der Waals surface area (Å²) in [5.74, 6) is 0.273. The second-order valence-electron chi connectivity index (χ2n) is 3.19. The van der Waals surface area contributed by atoms with Crippen molar-refractivity contribution in [2.45, 2.75) is 19.4 Å². The van der Waals surface area contributed by atoms with Gasteiger partial charge in [-0.3, -0.25) is 0 Å². The van der Waals surface area contributed by atoms with Gasteiger partial charge in [-0.15, -0.1) is 6.58 Å². The van der Waals surface area contributed by atoms with E-state index in [1.165, 1.54) is 0 Å². The van der Waals surface area contributed by atoms with Gasteiger partial charge in [0.2, 0.25) is 0 Å². The number of aromatic hydroxyl groups is 1. The Hall–Kier alpha value is -1.28. The summed E-state index contributed by atoms with van der Waals surface area (Å²) < 4.78 is 0. The first-order chi connectivity index (χ1) is 6.15. The van der Waals surface area contributed by atoms with Gasteiger partial charge in [0.15, 0.2) is 0 Å². The van der Waals surface area contributed by atoms with Crippen LogP contribution in [0.2, 0.25) is 0 Å². The summed E-state index contributed by atoms with van der Waals surface area (Å²) in [6.45, 7) is 5.54. The van der Waals surface area contributed by atoms with E-state index >= 15 is 0 Å². The molecule has 1 rings (SSSR count). The van der Waals surface area contributed by atoms with Crippen molar-refractivity contribution in [1.82, 2.24) is 0 Å². The third kappa shape index (κ3) is 2.33. The molecule has 0 fully saturated rings. The Balaban J connectivity index is 2.94. The summed E-state index contributed by atoms with van der Waals surface area (Å²) in [7, 11) is 0. The topological polar surface area (TPSA) is 46.2 Å². The van der Waals surface area contributed by atoms with Crippen LogP contribution >= 0.6 is 0 Å². The highest BCUT2D eigenvalue weighted by Gasteiger charge is 2.08. The Kier molecular flexibility index (Phi) is 3.09. The molecule has 2 nitrogen and oxygen atoms in total. The molecule has 1 aromatic rings. The normalized spacial score (nSPS) is 12.5. The van der Waals surface area contributed by atoms with Crippen LogP contribution in [-0.2, 0) is 0 Å². The Labute approximate surface area is 78.7 Å². The van der Waals surface area contributed by atoms with Crippen molar-refractivity contribution < 1.29 is 5.11 Å². The number of hydrogen-bond donors (Lipinski definition) is 2. The van der Waals surface area contributed by atoms with Crippen molar-refractivity contribution in [3.8, 4) is 5.75 Å². The molecule has 0 amide bonds. The van der Waals surface area contributed by atoms with E-state index in [1.54, 1.807) is 12.1 Å². The predicted octanol–water partition coefficient (Wildman–Crippen LogP) is 2.28. The smallest absolute Gasteiger partial charge is 0.120 e. The zero-order valence-electron chi connectivity index (χ0n) is 7.83. The van der Waals surface area contributed by atoms with Crippen LogP contribution in [0.3, 0.4) is 0 Å². The molecule has 0 saturated carbocycles. The molecular formula is C11H15NO. The van der Waals surface area contributed by atoms with Crippen molar-refractivity contribution in [2.24, 2.45) is 5.73 Å². The van der Waals surface area contributed by atoms with Gasteiger partial charge in [0, 0.05) is 11.6 Å². The van der Waals surface area contributed by atoms with Gasteiger partial charge in [-0.25, -0.2) is 0 Å². The fourth-order valence-corrected chi connectivity index (χ4v) is 1.27. The van der Waals surface area contributed by atoms with Crippen molar-refractivity contribution in [1.29, 1.82) is 0 Å². The van der Waals surface area contributed by atoms with Crippen LogP contribution in [0.15, 0.2) is 30.9 Å². The summed E-state index contributed by atoms with van der Waals surface area (Å²) >= 11 is 0. The lowest BCUT2D eigenvalue weighted by molar-refractivity contribution is 0.461. The Morgan fingerprint density at radius 3 is 2.85 bits per heavy atom. The number of rotatable bonds is 3. The number of aryl methyl sites for hydroxylation is 1. The van der Waals surface area contributed by atoms with Crippen molar-refractivity contribution >= 4 is 0 Å². The number of phenolic OH excluding ortho intramolecular Hbond substituents is 1. The van der Waals surface area contributed by atoms with E-state index in [0.717, 1.165) is 11.1 Å². The molecule has 0 unspecified atom stereocenters. The van der Waals surface area contributed by atoms with Crippen molar-refractivity contribution in [3.05, 3.63) is 42.0 Å². The molecule has 0 radical (unpaired) electrons. The number of hydrogen-bond acceptors (Lipinski definition) is 2. The first kappa shape index (κ1) is 9.81. The van der Waals surface area contributed by atoms with E-state index in [-0.39, 0.29) is 11.8 Å². The standard InChI is InChI=1S/C11H15NO/c1-3-4-10(12)9-6-5-8(2)7-11(9)13/h3,5-7,10,13H,1,4,12H2,2H3/t10-/m1/s1. The lowest BCUT2D eigenvalue weighted by Gasteiger charge is -2.11. The van der Waals surface area contributed by atoms with Gasteiger partial charge in [-0.05, 0) is 25.0 Å². The van der Waals surface area contributed by atoms with Crippen LogP contribution < -0.4 is 5.73 Å². The predicted molar refractivity (Wildman–Crippen MR) is 54.6 cm³/mol. The Bertz CT molecular complexity index is 307. The van der Waals surface area contributed by atoms with Gasteiger partial charge in [-0.2, -0.15) is 0 Å². The maximum Gasteiger partial charge on any atom is 0.120 e. The van der Waals surface area contributed by atoms with Crippen LogP contribution in [0.4, 0.5) is 0 Å². The second kappa shape index (κ2) is 4.10. The minimum atomic E-state index is -0.155. The number of nitrogens with two attached hydrogens (primary N) is 1. The lowest BCUT2D eigenvalue weighted by atomic mass is 10.0. The van der Waals surface area contributed by atoms with E-state index in [0.29, 0.717) is 6.42 Å². The third-order valence-electron chi connectivity index (χ3n) is 2.01. The summed E-state index contributed by atoms with van der Waals surface area (Å²) in [6.07, 6.45) is 2.43. The molecule has 1 aromatic carbocycles. The third-order valence-corrected chi connectivity index (χ3v) is 2.01. The summed E-state index contributed by atoms with van der Waals surface area (Å²) in [4.78, 5) is 0. The lowest BCUT2D eigenvalue weighted by Crippen LogP contribution is -2.09. The van der Waals surface area contributed by atoms with E-state index < -0.39 is 0 Å². The second-order valence-corrected chi connectivity index (χ2v) is 3.19. The minimum absolute atomic E-state index is 0.155. The quantitative estimate of drug-likeness (QED) is 0.696. The first-order valence-electron chi connectivity index (χ1n) is 4.31. The fourth-order valence-electron chi connectivity index (χ4n) is 1.27. The zero-order valence-corrected chi connectivity index (χ0v) is 7.83. The summed E-state index contributed by atoms with van der Waals surface area (Å²) in [6, 6.07) is 5.37. The molecule has 0 aliphatic heterocycles. The van der Waals surface area contributed by atoms with Gasteiger partial charge in [-0.1, -0.05) is 18.2 Å². The maximum absolute atomic E-state index is 9.57. The number of benzene rings is 1. The summed E-state index contributed by atoms with van der Waals surface area (Å²) in [5, 5.41) is 9.57. The molecule has 0 saturated heterocycles. The van der Waals surface area contributed by atoms with Gasteiger partial charge in [0.05, 0.1) is 0 Å². The molecule has 0 bridgehead atoms. The average molecular weight is 177 g/mol. The molecule has 0 heterocycles. The molecule has 13 heavy (non-hydrogen) atoms. The zero-order chi connectivity index (χ0) is 9.84. The largest absolute Gasteiger partial charge is 0.508 e. The molecule has 3 N–H and O–H groups in total. The van der Waals surface area contributed by atoms with Gasteiger partial charge < -0.3 is 10.8 Å². The SMILES string of the molecule is C=CC[C@@H](N)c1ccc(C)cc1O. The van der Waals surface area contributed by atoms with E-state index in [4.69, 9.17) is 5.73 Å². The average Bonchev–Trinajstić information content (AvgIpc) is 2.04. The van der Waals surface area contributed by atoms with E-state index in [2.05, 4.69) is 6.58 Å². The van der Waals surface area contributed by atoms with Crippen LogP contribution in [0, 0.1) is 6.92 Å². The van der Waals surface area contributed by atoms with Crippen LogP contribution in [0.1, 0.15) is 23.6 Å². The monoisotopic (exact) mass is 177 g/mol. The molecular weight excluding hydrogens is 162 g/mol. The van der Waals surface area contributed by atoms with Gasteiger partial charge in [0.1, 0.15) is 5.75 Å². The van der Waals surface area contributed by atoms with Crippen LogP contribution in [0.5, 0.6) is 5.75 Å². The molecule has 0 aliphatic carbocycles. The number of phenols is 1. The first-order valence-corrected chi connectivity index (χ1v) is 4.31. The highest BCUT2D eigenvalue weighted by Crippen LogP contribution is 2.25. The molecule has 0 aromatic heterocycles. The molecule has 70 valence electrons. The molecule has 1 atom stereocenters. The fraction of sp³-hybridized carbons (Fsp3) is 0.273. The van der Waals surface area contributed by atoms with Crippen LogP contribution in [0.25, 0.3) is 0 Å². The highest BCUT2D eigenvalue weighted by atomic mass is 16.3. The van der Waals surface area contributed by atoms with Crippen LogP contribution in [-0.4, -0.2) is 5.11 Å². The molecule has 2 heteroatoms. The van der Waals surface area contributed by atoms with Crippen molar-refractivity contribution in [3.63, 3.8) is 0 Å². The highest BCUT2D eigenvalue weighted by molar-refractivity contribution is 5.38. The van der Waals surface area contributed by atoms with E-state index in [1.807, 2.05) is 19.1 Å². The minimum Gasteiger partial charge on any atom is -0.508 e. The molecule has 0 spiro atoms. The van der Waals surface area contributed by atoms with Gasteiger partial charge in [0.25, 0.3) is 0 Å². The molecule has 0 aliphatic rings. The van der Waals surface area contributed by atoms with Gasteiger partial charge >= 0.3 is 0 Å². The Morgan fingerprint density at radius 1 is 1.62 bits per heavy atom. The summed E-state index contributed by atoms with van der Waals surface area (Å²) in [5.41, 5.74) is 7.64. The van der Waals surface area contributed by atoms with E-state index in [9.17, 15) is 5.11 Å². The van der Waals surface area contributed by atoms with Crippen molar-refractivity contribution in [2.75, 3.05) is 0 Å². The maximum atomic E-state index is 9.57.